The minimum atomic E-state index is -1.02. The lowest BCUT2D eigenvalue weighted by molar-refractivity contribution is -0.122. The van der Waals surface area contributed by atoms with Gasteiger partial charge in [0.25, 0.3) is 0 Å². The topological polar surface area (TPSA) is 73.7 Å². The van der Waals surface area contributed by atoms with Crippen LogP contribution in [0.15, 0.2) is 54.7 Å². The Bertz CT molecular complexity index is 1070. The summed E-state index contributed by atoms with van der Waals surface area (Å²) in [7, 11) is 0. The van der Waals surface area contributed by atoms with Gasteiger partial charge in [0.05, 0.1) is 12.2 Å². The number of carbonyl (C=O) groups excluding carboxylic acids is 1. The van der Waals surface area contributed by atoms with E-state index in [0.717, 1.165) is 16.0 Å². The fourth-order valence-electron chi connectivity index (χ4n) is 3.74. The molecule has 6 nitrogen and oxygen atoms in total. The van der Waals surface area contributed by atoms with Crippen LogP contribution in [0.3, 0.4) is 0 Å². The van der Waals surface area contributed by atoms with Gasteiger partial charge in [0.1, 0.15) is 10.0 Å². The summed E-state index contributed by atoms with van der Waals surface area (Å²) < 4.78 is 0. The summed E-state index contributed by atoms with van der Waals surface area (Å²) in [5.41, 5.74) is 2.38. The van der Waals surface area contributed by atoms with E-state index in [1.165, 1.54) is 11.3 Å². The number of benzene rings is 1. The summed E-state index contributed by atoms with van der Waals surface area (Å²) in [6.07, 6.45) is 1.71. The van der Waals surface area contributed by atoms with Crippen molar-refractivity contribution in [3.05, 3.63) is 70.3 Å². The molecule has 1 N–H and O–H groups in total. The van der Waals surface area contributed by atoms with Crippen LogP contribution in [0.2, 0.25) is 5.15 Å². The molecule has 3 heterocycles. The Hall–Kier alpha value is -2.74. The Morgan fingerprint density at radius 1 is 1.27 bits per heavy atom. The smallest absolute Gasteiger partial charge is 0.348 e. The molecule has 2 aromatic heterocycles. The molecule has 1 saturated heterocycles. The lowest BCUT2D eigenvalue weighted by Gasteiger charge is -2.39. The van der Waals surface area contributed by atoms with Gasteiger partial charge in [-0.3, -0.25) is 9.69 Å². The van der Waals surface area contributed by atoms with Crippen molar-refractivity contribution in [1.29, 1.82) is 0 Å². The van der Waals surface area contributed by atoms with Crippen molar-refractivity contribution in [1.82, 2.24) is 9.88 Å². The predicted molar refractivity (Wildman–Crippen MR) is 118 cm³/mol. The van der Waals surface area contributed by atoms with E-state index in [4.69, 9.17) is 11.6 Å². The van der Waals surface area contributed by atoms with E-state index < -0.39 is 5.97 Å². The van der Waals surface area contributed by atoms with Gasteiger partial charge in [-0.1, -0.05) is 48.0 Å². The zero-order chi connectivity index (χ0) is 21.3. The summed E-state index contributed by atoms with van der Waals surface area (Å²) in [6, 6.07) is 14.9. The van der Waals surface area contributed by atoms with Crippen molar-refractivity contribution in [2.45, 2.75) is 19.5 Å². The number of amides is 1. The van der Waals surface area contributed by atoms with E-state index in [1.807, 2.05) is 54.3 Å². The number of hydrogen-bond acceptors (Lipinski definition) is 5. The number of piperazine rings is 1. The normalized spacial score (nSPS) is 17.3. The third-order valence-corrected chi connectivity index (χ3v) is 6.40. The molecule has 0 spiro atoms. The van der Waals surface area contributed by atoms with Gasteiger partial charge in [0.15, 0.2) is 0 Å². The molecular weight excluding hydrogens is 422 g/mol. The largest absolute Gasteiger partial charge is 0.477 e. The molecule has 0 radical (unpaired) electrons. The van der Waals surface area contributed by atoms with Crippen molar-refractivity contribution in [3.8, 4) is 10.4 Å². The SMILES string of the molecule is C[C@@H]1CN(Cc2ccc(Cl)nc2)CC(=O)N1c1cc(-c2ccccc2)sc1C(=O)O. The molecule has 0 bridgehead atoms. The van der Waals surface area contributed by atoms with Crippen LogP contribution in [-0.2, 0) is 11.3 Å². The standard InChI is InChI=1S/C22H20ClN3O3S/c1-14-11-25(12-15-7-8-19(23)24-10-15)13-20(27)26(14)17-9-18(30-21(17)22(28)29)16-5-3-2-4-6-16/h2-10,14H,11-13H2,1H3,(H,28,29)/t14-/m1/s1. The van der Waals surface area contributed by atoms with Crippen LogP contribution in [-0.4, -0.2) is 46.0 Å². The zero-order valence-corrected chi connectivity index (χ0v) is 17.9. The van der Waals surface area contributed by atoms with Crippen LogP contribution in [0.25, 0.3) is 10.4 Å². The maximum absolute atomic E-state index is 13.0. The molecule has 4 rings (SSSR count). The number of carbonyl (C=O) groups is 2. The molecule has 8 heteroatoms. The quantitative estimate of drug-likeness (QED) is 0.594. The molecule has 1 fully saturated rings. The first-order valence-electron chi connectivity index (χ1n) is 9.50. The van der Waals surface area contributed by atoms with Gasteiger partial charge < -0.3 is 10.0 Å². The number of aromatic carboxylic acids is 1. The highest BCUT2D eigenvalue weighted by molar-refractivity contribution is 7.18. The Morgan fingerprint density at radius 3 is 2.67 bits per heavy atom. The minimum absolute atomic E-state index is 0.115. The van der Waals surface area contributed by atoms with Crippen molar-refractivity contribution in [2.75, 3.05) is 18.0 Å². The molecule has 0 saturated carbocycles. The summed E-state index contributed by atoms with van der Waals surface area (Å²) >= 11 is 7.04. The average molecular weight is 442 g/mol. The number of carboxylic acid groups (broad SMARTS) is 1. The molecule has 1 aliphatic rings. The lowest BCUT2D eigenvalue weighted by atomic mass is 10.1. The highest BCUT2D eigenvalue weighted by Crippen LogP contribution is 2.38. The number of hydrogen-bond donors (Lipinski definition) is 1. The Balaban J connectivity index is 1.58. The second-order valence-electron chi connectivity index (χ2n) is 7.27. The Labute approximate surface area is 183 Å². The number of carboxylic acids is 1. The summed E-state index contributed by atoms with van der Waals surface area (Å²) in [5, 5.41) is 10.2. The maximum Gasteiger partial charge on any atom is 0.348 e. The number of thiophene rings is 1. The Kier molecular flexibility index (Phi) is 5.85. The van der Waals surface area contributed by atoms with E-state index in [9.17, 15) is 14.7 Å². The lowest BCUT2D eigenvalue weighted by Crippen LogP contribution is -2.55. The summed E-state index contributed by atoms with van der Waals surface area (Å²) in [4.78, 5) is 33.7. The van der Waals surface area contributed by atoms with Gasteiger partial charge in [0.2, 0.25) is 5.91 Å². The number of rotatable bonds is 5. The number of halogens is 1. The van der Waals surface area contributed by atoms with Crippen molar-refractivity contribution < 1.29 is 14.7 Å². The molecular formula is C22H20ClN3O3S. The van der Waals surface area contributed by atoms with Crippen LogP contribution >= 0.6 is 22.9 Å². The highest BCUT2D eigenvalue weighted by Gasteiger charge is 2.34. The van der Waals surface area contributed by atoms with Gasteiger partial charge in [0, 0.05) is 30.2 Å². The fraction of sp³-hybridized carbons (Fsp3) is 0.227. The first-order valence-corrected chi connectivity index (χ1v) is 10.7. The first kappa shape index (κ1) is 20.5. The monoisotopic (exact) mass is 441 g/mol. The van der Waals surface area contributed by atoms with Gasteiger partial charge in [-0.15, -0.1) is 11.3 Å². The molecule has 3 aromatic rings. The van der Waals surface area contributed by atoms with E-state index >= 15 is 0 Å². The molecule has 1 amide bonds. The fourth-order valence-corrected chi connectivity index (χ4v) is 4.85. The third-order valence-electron chi connectivity index (χ3n) is 5.01. The van der Waals surface area contributed by atoms with Crippen LogP contribution < -0.4 is 4.90 Å². The molecule has 30 heavy (non-hydrogen) atoms. The maximum atomic E-state index is 13.0. The number of aromatic nitrogens is 1. The summed E-state index contributed by atoms with van der Waals surface area (Å²) in [6.45, 7) is 3.36. The highest BCUT2D eigenvalue weighted by atomic mass is 35.5. The van der Waals surface area contributed by atoms with Crippen molar-refractivity contribution in [3.63, 3.8) is 0 Å². The van der Waals surface area contributed by atoms with Gasteiger partial charge >= 0.3 is 5.97 Å². The minimum Gasteiger partial charge on any atom is -0.477 e. The molecule has 0 aliphatic carbocycles. The van der Waals surface area contributed by atoms with Gasteiger partial charge in [-0.25, -0.2) is 9.78 Å². The van der Waals surface area contributed by atoms with Crippen LogP contribution in [0.1, 0.15) is 22.2 Å². The summed E-state index contributed by atoms with van der Waals surface area (Å²) in [5.74, 6) is -1.14. The number of nitrogens with zero attached hydrogens (tertiary/aromatic N) is 3. The van der Waals surface area contributed by atoms with E-state index in [1.54, 1.807) is 17.2 Å². The molecule has 0 unspecified atom stereocenters. The van der Waals surface area contributed by atoms with Gasteiger partial charge in [-0.05, 0) is 30.2 Å². The number of pyridine rings is 1. The van der Waals surface area contributed by atoms with Crippen LogP contribution in [0.4, 0.5) is 5.69 Å². The van der Waals surface area contributed by atoms with Gasteiger partial charge in [-0.2, -0.15) is 0 Å². The predicted octanol–water partition coefficient (Wildman–Crippen LogP) is 4.40. The van der Waals surface area contributed by atoms with Crippen LogP contribution in [0.5, 0.6) is 0 Å². The second kappa shape index (κ2) is 8.55. The average Bonchev–Trinajstić information content (AvgIpc) is 3.15. The van der Waals surface area contributed by atoms with Crippen molar-refractivity contribution in [2.24, 2.45) is 0 Å². The number of anilines is 1. The van der Waals surface area contributed by atoms with Crippen molar-refractivity contribution >= 4 is 40.5 Å². The molecule has 1 aliphatic heterocycles. The zero-order valence-electron chi connectivity index (χ0n) is 16.3. The van der Waals surface area contributed by atoms with E-state index in [0.29, 0.717) is 23.9 Å². The first-order chi connectivity index (χ1) is 14.4. The second-order valence-corrected chi connectivity index (χ2v) is 8.71. The molecule has 1 aromatic carbocycles. The van der Waals surface area contributed by atoms with E-state index in [2.05, 4.69) is 4.98 Å². The van der Waals surface area contributed by atoms with Crippen LogP contribution in [0, 0.1) is 0 Å². The molecule has 1 atom stereocenters. The molecule has 154 valence electrons. The third kappa shape index (κ3) is 4.23. The van der Waals surface area contributed by atoms with E-state index in [-0.39, 0.29) is 23.4 Å². The Morgan fingerprint density at radius 2 is 2.03 bits per heavy atom.